The first kappa shape index (κ1) is 14.4. The zero-order valence-corrected chi connectivity index (χ0v) is 12.7. The van der Waals surface area contributed by atoms with Crippen LogP contribution >= 0.6 is 12.2 Å². The SMILES string of the molecule is CC1(C)CCCN1S(=O)(=O)c1ccccc1C(N)=S. The van der Waals surface area contributed by atoms with Crippen molar-refractivity contribution in [2.24, 2.45) is 5.73 Å². The van der Waals surface area contributed by atoms with Gasteiger partial charge in [-0.3, -0.25) is 0 Å². The summed E-state index contributed by atoms with van der Waals surface area (Å²) in [5.41, 5.74) is 5.68. The predicted molar refractivity (Wildman–Crippen MR) is 79.5 cm³/mol. The van der Waals surface area contributed by atoms with E-state index in [0.717, 1.165) is 12.8 Å². The highest BCUT2D eigenvalue weighted by molar-refractivity contribution is 7.89. The minimum atomic E-state index is -3.56. The molecular formula is C13H18N2O2S2. The number of hydrogen-bond donors (Lipinski definition) is 1. The molecule has 1 aliphatic heterocycles. The van der Waals surface area contributed by atoms with Gasteiger partial charge in [-0.05, 0) is 32.8 Å². The van der Waals surface area contributed by atoms with Crippen LogP contribution in [-0.4, -0.2) is 29.8 Å². The normalized spacial score (nSPS) is 19.5. The fourth-order valence-corrected chi connectivity index (χ4v) is 4.84. The fourth-order valence-electron chi connectivity index (χ4n) is 2.54. The highest BCUT2D eigenvalue weighted by Crippen LogP contribution is 2.34. The van der Waals surface area contributed by atoms with Crippen molar-refractivity contribution in [1.29, 1.82) is 0 Å². The van der Waals surface area contributed by atoms with Crippen molar-refractivity contribution in [3.05, 3.63) is 29.8 Å². The minimum absolute atomic E-state index is 0.108. The molecule has 1 aromatic rings. The summed E-state index contributed by atoms with van der Waals surface area (Å²) in [6.07, 6.45) is 1.74. The van der Waals surface area contributed by atoms with Crippen LogP contribution in [0.5, 0.6) is 0 Å². The van der Waals surface area contributed by atoms with Crippen LogP contribution in [0.1, 0.15) is 32.3 Å². The lowest BCUT2D eigenvalue weighted by atomic mass is 10.0. The summed E-state index contributed by atoms with van der Waals surface area (Å²) >= 11 is 4.95. The Bertz CT molecular complexity index is 609. The molecule has 0 amide bonds. The first-order chi connectivity index (χ1) is 8.77. The van der Waals surface area contributed by atoms with Gasteiger partial charge in [0.25, 0.3) is 0 Å². The van der Waals surface area contributed by atoms with Crippen molar-refractivity contribution >= 4 is 27.2 Å². The van der Waals surface area contributed by atoms with Gasteiger partial charge in [0.15, 0.2) is 0 Å². The van der Waals surface area contributed by atoms with Crippen molar-refractivity contribution in [1.82, 2.24) is 4.31 Å². The molecular weight excluding hydrogens is 280 g/mol. The van der Waals surface area contributed by atoms with Crippen LogP contribution in [0.3, 0.4) is 0 Å². The van der Waals surface area contributed by atoms with Crippen LogP contribution in [0.2, 0.25) is 0 Å². The molecule has 1 fully saturated rings. The summed E-state index contributed by atoms with van der Waals surface area (Å²) < 4.78 is 27.1. The molecule has 4 nitrogen and oxygen atoms in total. The third kappa shape index (κ3) is 2.52. The molecule has 0 aromatic heterocycles. The van der Waals surface area contributed by atoms with E-state index < -0.39 is 10.0 Å². The van der Waals surface area contributed by atoms with E-state index in [9.17, 15) is 8.42 Å². The number of hydrogen-bond acceptors (Lipinski definition) is 3. The molecule has 0 saturated carbocycles. The Labute approximate surface area is 119 Å². The number of nitrogens with two attached hydrogens (primary N) is 1. The largest absolute Gasteiger partial charge is 0.389 e. The van der Waals surface area contributed by atoms with Crippen LogP contribution in [0, 0.1) is 0 Å². The third-order valence-corrected chi connectivity index (χ3v) is 5.93. The van der Waals surface area contributed by atoms with Gasteiger partial charge in [0, 0.05) is 17.6 Å². The van der Waals surface area contributed by atoms with Crippen molar-refractivity contribution in [3.63, 3.8) is 0 Å². The summed E-state index contributed by atoms with van der Waals surface area (Å²) in [6, 6.07) is 6.65. The van der Waals surface area contributed by atoms with Crippen molar-refractivity contribution in [2.45, 2.75) is 37.1 Å². The molecule has 0 spiro atoms. The molecule has 6 heteroatoms. The average Bonchev–Trinajstić information content (AvgIpc) is 2.69. The van der Waals surface area contributed by atoms with E-state index in [1.54, 1.807) is 28.6 Å². The van der Waals surface area contributed by atoms with Crippen LogP contribution in [0.25, 0.3) is 0 Å². The Morgan fingerprint density at radius 2 is 2.00 bits per heavy atom. The smallest absolute Gasteiger partial charge is 0.244 e. The molecule has 0 unspecified atom stereocenters. The van der Waals surface area contributed by atoms with Crippen molar-refractivity contribution in [2.75, 3.05) is 6.54 Å². The Morgan fingerprint density at radius 1 is 1.37 bits per heavy atom. The molecule has 1 heterocycles. The summed E-state index contributed by atoms with van der Waals surface area (Å²) in [7, 11) is -3.56. The van der Waals surface area contributed by atoms with Gasteiger partial charge in [-0.1, -0.05) is 30.4 Å². The van der Waals surface area contributed by atoms with E-state index in [1.165, 1.54) is 0 Å². The highest BCUT2D eigenvalue weighted by atomic mass is 32.2. The van der Waals surface area contributed by atoms with Crippen LogP contribution < -0.4 is 5.73 Å². The molecule has 1 aliphatic rings. The van der Waals surface area contributed by atoms with Gasteiger partial charge in [-0.15, -0.1) is 0 Å². The average molecular weight is 298 g/mol. The Kier molecular flexibility index (Phi) is 3.68. The first-order valence-corrected chi connectivity index (χ1v) is 8.03. The van der Waals surface area contributed by atoms with E-state index in [0.29, 0.717) is 12.1 Å². The Balaban J connectivity index is 2.55. The lowest BCUT2D eigenvalue weighted by Crippen LogP contribution is -2.43. The first-order valence-electron chi connectivity index (χ1n) is 6.18. The van der Waals surface area contributed by atoms with E-state index in [1.807, 2.05) is 13.8 Å². The zero-order chi connectivity index (χ0) is 14.3. The van der Waals surface area contributed by atoms with E-state index in [2.05, 4.69) is 0 Å². The van der Waals surface area contributed by atoms with Gasteiger partial charge in [-0.2, -0.15) is 4.31 Å². The number of sulfonamides is 1. The van der Waals surface area contributed by atoms with Crippen LogP contribution in [0.4, 0.5) is 0 Å². The molecule has 104 valence electrons. The molecule has 0 radical (unpaired) electrons. The quantitative estimate of drug-likeness (QED) is 0.866. The monoisotopic (exact) mass is 298 g/mol. The molecule has 2 rings (SSSR count). The number of benzene rings is 1. The molecule has 19 heavy (non-hydrogen) atoms. The second kappa shape index (κ2) is 4.85. The maximum absolute atomic E-state index is 12.8. The fraction of sp³-hybridized carbons (Fsp3) is 0.462. The number of thiocarbonyl (C=S) groups is 1. The third-order valence-electron chi connectivity index (χ3n) is 3.55. The summed E-state index contributed by atoms with van der Waals surface area (Å²) in [4.78, 5) is 0.314. The minimum Gasteiger partial charge on any atom is -0.389 e. The maximum Gasteiger partial charge on any atom is 0.244 e. The summed E-state index contributed by atoms with van der Waals surface area (Å²) in [5, 5.41) is 0. The second-order valence-electron chi connectivity index (χ2n) is 5.35. The Morgan fingerprint density at radius 3 is 2.53 bits per heavy atom. The van der Waals surface area contributed by atoms with E-state index in [-0.39, 0.29) is 15.4 Å². The molecule has 1 saturated heterocycles. The topological polar surface area (TPSA) is 63.4 Å². The van der Waals surface area contributed by atoms with Gasteiger partial charge in [-0.25, -0.2) is 8.42 Å². The molecule has 0 bridgehead atoms. The lowest BCUT2D eigenvalue weighted by Gasteiger charge is -2.31. The van der Waals surface area contributed by atoms with Crippen LogP contribution in [0.15, 0.2) is 29.2 Å². The van der Waals surface area contributed by atoms with Gasteiger partial charge in [0.2, 0.25) is 10.0 Å². The zero-order valence-electron chi connectivity index (χ0n) is 11.1. The van der Waals surface area contributed by atoms with Gasteiger partial charge in [0.1, 0.15) is 4.99 Å². The maximum atomic E-state index is 12.8. The molecule has 0 atom stereocenters. The Hall–Kier alpha value is -0.980. The number of nitrogens with zero attached hydrogens (tertiary/aromatic N) is 1. The van der Waals surface area contributed by atoms with E-state index >= 15 is 0 Å². The van der Waals surface area contributed by atoms with Gasteiger partial charge < -0.3 is 5.73 Å². The van der Waals surface area contributed by atoms with E-state index in [4.69, 9.17) is 18.0 Å². The summed E-state index contributed by atoms with van der Waals surface area (Å²) in [5.74, 6) is 0. The van der Waals surface area contributed by atoms with Gasteiger partial charge in [0.05, 0.1) is 4.90 Å². The lowest BCUT2D eigenvalue weighted by molar-refractivity contribution is 0.291. The summed E-state index contributed by atoms with van der Waals surface area (Å²) in [6.45, 7) is 4.43. The molecule has 2 N–H and O–H groups in total. The predicted octanol–water partition coefficient (Wildman–Crippen LogP) is 1.88. The van der Waals surface area contributed by atoms with Crippen molar-refractivity contribution < 1.29 is 8.42 Å². The van der Waals surface area contributed by atoms with Gasteiger partial charge >= 0.3 is 0 Å². The standard InChI is InChI=1S/C13H18N2O2S2/c1-13(2)8-5-9-15(13)19(16,17)11-7-4-3-6-10(11)12(14)18/h3-4,6-7H,5,8-9H2,1-2H3,(H2,14,18). The second-order valence-corrected chi connectivity index (χ2v) is 7.62. The molecule has 1 aromatic carbocycles. The molecule has 0 aliphatic carbocycles. The van der Waals surface area contributed by atoms with Crippen molar-refractivity contribution in [3.8, 4) is 0 Å². The number of rotatable bonds is 3. The highest BCUT2D eigenvalue weighted by Gasteiger charge is 2.41. The van der Waals surface area contributed by atoms with Crippen LogP contribution in [-0.2, 0) is 10.0 Å².